The normalized spacial score (nSPS) is 12.4. The zero-order chi connectivity index (χ0) is 17.8. The zero-order valence-corrected chi connectivity index (χ0v) is 14.5. The minimum absolute atomic E-state index is 0.235. The molecule has 0 atom stereocenters. The van der Waals surface area contributed by atoms with Crippen LogP contribution in [0.25, 0.3) is 0 Å². The molecule has 25 heavy (non-hydrogen) atoms. The molecule has 0 unspecified atom stereocenters. The standard InChI is InChI=1S/C17H21N5O3/c1-11-8-16(22(2)3)21-15(19-11)10-18-17(23)20-12-4-5-13-14(9-12)25-7-6-24-13/h4-5,8-9H,6-7,10H2,1-3H3,(H2,18,20,23). The second kappa shape index (κ2) is 7.25. The van der Waals surface area contributed by atoms with Crippen molar-refractivity contribution in [3.05, 3.63) is 35.8 Å². The minimum atomic E-state index is -0.340. The molecule has 1 aromatic carbocycles. The minimum Gasteiger partial charge on any atom is -0.486 e. The van der Waals surface area contributed by atoms with Crippen molar-refractivity contribution in [1.82, 2.24) is 15.3 Å². The number of carbonyl (C=O) groups is 1. The van der Waals surface area contributed by atoms with Gasteiger partial charge in [-0.25, -0.2) is 14.8 Å². The molecule has 2 N–H and O–H groups in total. The number of aromatic nitrogens is 2. The molecule has 0 aliphatic carbocycles. The number of nitrogens with one attached hydrogen (secondary N) is 2. The van der Waals surface area contributed by atoms with Crippen molar-refractivity contribution in [2.75, 3.05) is 37.5 Å². The summed E-state index contributed by atoms with van der Waals surface area (Å²) in [6.45, 7) is 3.17. The SMILES string of the molecule is Cc1cc(N(C)C)nc(CNC(=O)Nc2ccc3c(c2)OCCO3)n1. The summed E-state index contributed by atoms with van der Waals surface area (Å²) in [5.74, 6) is 2.67. The lowest BCUT2D eigenvalue weighted by molar-refractivity contribution is 0.171. The third-order valence-corrected chi connectivity index (χ3v) is 3.55. The topological polar surface area (TPSA) is 88.6 Å². The van der Waals surface area contributed by atoms with Crippen molar-refractivity contribution >= 4 is 17.5 Å². The predicted molar refractivity (Wildman–Crippen MR) is 94.4 cm³/mol. The number of hydrogen-bond donors (Lipinski definition) is 2. The first-order chi connectivity index (χ1) is 12.0. The number of fused-ring (bicyclic) bond motifs is 1. The van der Waals surface area contributed by atoms with Gasteiger partial charge in [-0.1, -0.05) is 0 Å². The van der Waals surface area contributed by atoms with E-state index in [-0.39, 0.29) is 12.6 Å². The van der Waals surface area contributed by atoms with Crippen LogP contribution in [0.2, 0.25) is 0 Å². The molecule has 8 heteroatoms. The molecule has 1 aliphatic rings. The van der Waals surface area contributed by atoms with Gasteiger partial charge in [0.05, 0.1) is 6.54 Å². The van der Waals surface area contributed by atoms with E-state index in [1.807, 2.05) is 32.0 Å². The number of amides is 2. The average Bonchev–Trinajstić information content (AvgIpc) is 2.59. The van der Waals surface area contributed by atoms with Crippen molar-refractivity contribution in [2.45, 2.75) is 13.5 Å². The third-order valence-electron chi connectivity index (χ3n) is 3.55. The largest absolute Gasteiger partial charge is 0.486 e. The average molecular weight is 343 g/mol. The lowest BCUT2D eigenvalue weighted by Crippen LogP contribution is -2.29. The molecule has 132 valence electrons. The molecular formula is C17H21N5O3. The van der Waals surface area contributed by atoms with Crippen molar-refractivity contribution < 1.29 is 14.3 Å². The van der Waals surface area contributed by atoms with Crippen LogP contribution in [-0.4, -0.2) is 43.3 Å². The summed E-state index contributed by atoms with van der Waals surface area (Å²) < 4.78 is 11.0. The quantitative estimate of drug-likeness (QED) is 0.882. The summed E-state index contributed by atoms with van der Waals surface area (Å²) in [5, 5.41) is 5.52. The number of urea groups is 1. The van der Waals surface area contributed by atoms with Gasteiger partial charge in [-0.15, -0.1) is 0 Å². The first-order valence-corrected chi connectivity index (χ1v) is 7.97. The van der Waals surface area contributed by atoms with Crippen LogP contribution in [0.4, 0.5) is 16.3 Å². The van der Waals surface area contributed by atoms with Gasteiger partial charge >= 0.3 is 6.03 Å². The maximum atomic E-state index is 12.1. The predicted octanol–water partition coefficient (Wildman–Crippen LogP) is 1.94. The Labute approximate surface area is 146 Å². The highest BCUT2D eigenvalue weighted by Crippen LogP contribution is 2.32. The molecule has 0 saturated heterocycles. The molecule has 2 heterocycles. The molecule has 0 saturated carbocycles. The molecular weight excluding hydrogens is 322 g/mol. The Balaban J connectivity index is 1.60. The Morgan fingerprint density at radius 3 is 2.68 bits per heavy atom. The number of hydrogen-bond acceptors (Lipinski definition) is 6. The smallest absolute Gasteiger partial charge is 0.319 e. The van der Waals surface area contributed by atoms with Crippen molar-refractivity contribution in [3.8, 4) is 11.5 Å². The number of rotatable bonds is 4. The Morgan fingerprint density at radius 1 is 1.16 bits per heavy atom. The van der Waals surface area contributed by atoms with Crippen LogP contribution in [0.3, 0.4) is 0 Å². The van der Waals surface area contributed by atoms with E-state index < -0.39 is 0 Å². The summed E-state index contributed by atoms with van der Waals surface area (Å²) in [5.41, 5.74) is 1.48. The lowest BCUT2D eigenvalue weighted by atomic mass is 10.2. The second-order valence-electron chi connectivity index (χ2n) is 5.84. The van der Waals surface area contributed by atoms with Gasteiger partial charge in [-0.2, -0.15) is 0 Å². The molecule has 0 bridgehead atoms. The van der Waals surface area contributed by atoms with Gasteiger partial charge in [0.25, 0.3) is 0 Å². The van der Waals surface area contributed by atoms with Crippen LogP contribution in [0.5, 0.6) is 11.5 Å². The van der Waals surface area contributed by atoms with Crippen molar-refractivity contribution in [1.29, 1.82) is 0 Å². The lowest BCUT2D eigenvalue weighted by Gasteiger charge is -2.19. The number of anilines is 2. The van der Waals surface area contributed by atoms with E-state index >= 15 is 0 Å². The van der Waals surface area contributed by atoms with Crippen LogP contribution in [0.15, 0.2) is 24.3 Å². The van der Waals surface area contributed by atoms with Crippen molar-refractivity contribution in [3.63, 3.8) is 0 Å². The molecule has 3 rings (SSSR count). The first kappa shape index (κ1) is 16.8. The zero-order valence-electron chi connectivity index (χ0n) is 14.5. The second-order valence-corrected chi connectivity index (χ2v) is 5.84. The van der Waals surface area contributed by atoms with Crippen LogP contribution < -0.4 is 25.0 Å². The summed E-state index contributed by atoms with van der Waals surface area (Å²) in [6, 6.07) is 6.82. The van der Waals surface area contributed by atoms with E-state index in [1.54, 1.807) is 18.2 Å². The Kier molecular flexibility index (Phi) is 4.87. The van der Waals surface area contributed by atoms with Crippen LogP contribution >= 0.6 is 0 Å². The number of ether oxygens (including phenoxy) is 2. The van der Waals surface area contributed by atoms with Gasteiger partial charge in [0.15, 0.2) is 11.5 Å². The van der Waals surface area contributed by atoms with E-state index in [0.29, 0.717) is 36.2 Å². The highest BCUT2D eigenvalue weighted by Gasteiger charge is 2.13. The molecule has 8 nitrogen and oxygen atoms in total. The number of aryl methyl sites for hydroxylation is 1. The summed E-state index contributed by atoms with van der Waals surface area (Å²) in [7, 11) is 3.82. The maximum absolute atomic E-state index is 12.1. The monoisotopic (exact) mass is 343 g/mol. The van der Waals surface area contributed by atoms with E-state index in [2.05, 4.69) is 20.6 Å². The molecule has 2 amide bonds. The fourth-order valence-corrected chi connectivity index (χ4v) is 2.38. The first-order valence-electron chi connectivity index (χ1n) is 7.97. The molecule has 0 fully saturated rings. The van der Waals surface area contributed by atoms with Crippen molar-refractivity contribution in [2.24, 2.45) is 0 Å². The molecule has 0 radical (unpaired) electrons. The highest BCUT2D eigenvalue weighted by atomic mass is 16.6. The molecule has 0 spiro atoms. The number of benzene rings is 1. The number of nitrogens with zero attached hydrogens (tertiary/aromatic N) is 3. The van der Waals surface area contributed by atoms with E-state index in [9.17, 15) is 4.79 Å². The van der Waals surface area contributed by atoms with E-state index in [0.717, 1.165) is 11.5 Å². The molecule has 2 aromatic rings. The van der Waals surface area contributed by atoms with Gasteiger partial charge in [0.2, 0.25) is 0 Å². The van der Waals surface area contributed by atoms with Gasteiger partial charge in [-0.05, 0) is 19.1 Å². The van der Waals surface area contributed by atoms with E-state index in [4.69, 9.17) is 9.47 Å². The van der Waals surface area contributed by atoms with Gasteiger partial charge in [0, 0.05) is 37.6 Å². The third kappa shape index (κ3) is 4.28. The maximum Gasteiger partial charge on any atom is 0.319 e. The van der Waals surface area contributed by atoms with Crippen LogP contribution in [0.1, 0.15) is 11.5 Å². The summed E-state index contributed by atoms with van der Waals surface area (Å²) in [4.78, 5) is 22.7. The van der Waals surface area contributed by atoms with Gasteiger partial charge < -0.3 is 25.0 Å². The molecule has 1 aromatic heterocycles. The summed E-state index contributed by atoms with van der Waals surface area (Å²) in [6.07, 6.45) is 0. The van der Waals surface area contributed by atoms with Gasteiger partial charge in [-0.3, -0.25) is 0 Å². The van der Waals surface area contributed by atoms with E-state index in [1.165, 1.54) is 0 Å². The number of carbonyl (C=O) groups excluding carboxylic acids is 1. The van der Waals surface area contributed by atoms with Gasteiger partial charge in [0.1, 0.15) is 24.9 Å². The Bertz CT molecular complexity index is 779. The highest BCUT2D eigenvalue weighted by molar-refractivity contribution is 5.89. The summed E-state index contributed by atoms with van der Waals surface area (Å²) >= 11 is 0. The molecule has 1 aliphatic heterocycles. The fraction of sp³-hybridized carbons (Fsp3) is 0.353. The Morgan fingerprint density at radius 2 is 1.92 bits per heavy atom. The fourth-order valence-electron chi connectivity index (χ4n) is 2.38. The van der Waals surface area contributed by atoms with Crippen LogP contribution in [-0.2, 0) is 6.54 Å². The Hall–Kier alpha value is -3.03. The van der Waals surface area contributed by atoms with Crippen LogP contribution in [0, 0.1) is 6.92 Å².